The molecule has 0 radical (unpaired) electrons. The van der Waals surface area contributed by atoms with E-state index in [1.165, 1.54) is 16.6 Å². The summed E-state index contributed by atoms with van der Waals surface area (Å²) in [5.74, 6) is -0.0176. The molecule has 1 N–H and O–H groups in total. The number of halogens is 1. The molecule has 0 aliphatic rings. The summed E-state index contributed by atoms with van der Waals surface area (Å²) in [6, 6.07) is 9.33. The summed E-state index contributed by atoms with van der Waals surface area (Å²) in [5, 5.41) is 4.20. The molecule has 17 heavy (non-hydrogen) atoms. The highest BCUT2D eigenvalue weighted by atomic mass is 19.1. The minimum Gasteiger partial charge on any atom is -0.303 e. The van der Waals surface area contributed by atoms with E-state index in [9.17, 15) is 9.18 Å². The fourth-order valence-corrected chi connectivity index (χ4v) is 1.71. The first-order valence-electron chi connectivity index (χ1n) is 5.08. The van der Waals surface area contributed by atoms with Crippen molar-refractivity contribution >= 4 is 5.52 Å². The summed E-state index contributed by atoms with van der Waals surface area (Å²) in [7, 11) is 0. The molecular formula is C12H8FN3O. The highest BCUT2D eigenvalue weighted by Crippen LogP contribution is 2.14. The molecule has 4 nitrogen and oxygen atoms in total. The van der Waals surface area contributed by atoms with E-state index < -0.39 is 0 Å². The molecule has 2 aromatic heterocycles. The van der Waals surface area contributed by atoms with Gasteiger partial charge in [-0.25, -0.2) is 8.91 Å². The molecule has 1 aromatic carbocycles. The van der Waals surface area contributed by atoms with Gasteiger partial charge in [-0.2, -0.15) is 0 Å². The average Bonchev–Trinajstić information content (AvgIpc) is 2.77. The fraction of sp³-hybridized carbons (Fsp3) is 0. The smallest absolute Gasteiger partial charge is 0.275 e. The number of nitrogens with one attached hydrogen (secondary N) is 1. The Labute approximate surface area is 95.3 Å². The first kappa shape index (κ1) is 9.77. The van der Waals surface area contributed by atoms with Crippen molar-refractivity contribution in [3.05, 3.63) is 58.8 Å². The van der Waals surface area contributed by atoms with Crippen molar-refractivity contribution in [2.24, 2.45) is 0 Å². The maximum atomic E-state index is 13.1. The molecule has 3 aromatic rings. The Morgan fingerprint density at radius 1 is 1.24 bits per heavy atom. The predicted octanol–water partition coefficient (Wildman–Crippen LogP) is 1.83. The number of nitrogens with zero attached hydrogens (tertiary/aromatic N) is 2. The van der Waals surface area contributed by atoms with Gasteiger partial charge >= 0.3 is 0 Å². The normalized spacial score (nSPS) is 10.9. The molecule has 3 rings (SSSR count). The van der Waals surface area contributed by atoms with Crippen LogP contribution in [0.15, 0.2) is 47.4 Å². The topological polar surface area (TPSA) is 50.2 Å². The van der Waals surface area contributed by atoms with Gasteiger partial charge in [-0.05, 0) is 24.3 Å². The minimum atomic E-state index is -0.363. The van der Waals surface area contributed by atoms with Gasteiger partial charge in [0.25, 0.3) is 5.56 Å². The third-order valence-electron chi connectivity index (χ3n) is 2.50. The number of H-pyrrole nitrogens is 1. The minimum absolute atomic E-state index is 0.246. The number of hydrogen-bond acceptors (Lipinski definition) is 2. The Hall–Kier alpha value is -2.43. The van der Waals surface area contributed by atoms with E-state index >= 15 is 0 Å². The Bertz CT molecular complexity index is 745. The van der Waals surface area contributed by atoms with Gasteiger partial charge in [0.15, 0.2) is 5.82 Å². The van der Waals surface area contributed by atoms with Crippen LogP contribution in [0.25, 0.3) is 16.9 Å². The van der Waals surface area contributed by atoms with Crippen LogP contribution in [0, 0.1) is 5.82 Å². The van der Waals surface area contributed by atoms with Crippen LogP contribution in [0.1, 0.15) is 0 Å². The van der Waals surface area contributed by atoms with Crippen LogP contribution in [0.5, 0.6) is 0 Å². The van der Waals surface area contributed by atoms with Gasteiger partial charge in [0.2, 0.25) is 0 Å². The molecule has 0 atom stereocenters. The summed E-state index contributed by atoms with van der Waals surface area (Å²) in [4.78, 5) is 14.3. The van der Waals surface area contributed by atoms with Crippen molar-refractivity contribution in [3.8, 4) is 11.4 Å². The van der Waals surface area contributed by atoms with Crippen molar-refractivity contribution in [3.63, 3.8) is 0 Å². The second-order valence-electron chi connectivity index (χ2n) is 3.65. The quantitative estimate of drug-likeness (QED) is 0.692. The van der Waals surface area contributed by atoms with Gasteiger partial charge in [0.05, 0.1) is 0 Å². The Morgan fingerprint density at radius 3 is 2.94 bits per heavy atom. The number of fused-ring (bicyclic) bond motifs is 1. The van der Waals surface area contributed by atoms with E-state index in [1.54, 1.807) is 30.5 Å². The van der Waals surface area contributed by atoms with Crippen molar-refractivity contribution in [2.45, 2.75) is 0 Å². The molecule has 2 heterocycles. The summed E-state index contributed by atoms with van der Waals surface area (Å²) in [6.07, 6.45) is 1.67. The van der Waals surface area contributed by atoms with Gasteiger partial charge in [0.1, 0.15) is 11.3 Å². The van der Waals surface area contributed by atoms with Crippen molar-refractivity contribution in [1.29, 1.82) is 0 Å². The first-order chi connectivity index (χ1) is 8.24. The lowest BCUT2D eigenvalue weighted by molar-refractivity contribution is 0.628. The summed E-state index contributed by atoms with van der Waals surface area (Å²) >= 11 is 0. The average molecular weight is 229 g/mol. The van der Waals surface area contributed by atoms with E-state index in [1.807, 2.05) is 0 Å². The van der Waals surface area contributed by atoms with Gasteiger partial charge in [0, 0.05) is 11.8 Å². The Kier molecular flexibility index (Phi) is 2.04. The molecule has 84 valence electrons. The Balaban J connectivity index is 2.27. The molecule has 0 fully saturated rings. The van der Waals surface area contributed by atoms with Crippen LogP contribution in [-0.4, -0.2) is 14.6 Å². The van der Waals surface area contributed by atoms with Crippen molar-refractivity contribution in [2.75, 3.05) is 0 Å². The summed E-state index contributed by atoms with van der Waals surface area (Å²) in [5.41, 5.74) is 0.757. The van der Waals surface area contributed by atoms with Crippen molar-refractivity contribution < 1.29 is 4.39 Å². The van der Waals surface area contributed by atoms with Crippen LogP contribution in [-0.2, 0) is 0 Å². The zero-order valence-electron chi connectivity index (χ0n) is 8.72. The second kappa shape index (κ2) is 3.55. The van der Waals surface area contributed by atoms with Gasteiger partial charge in [-0.1, -0.05) is 12.1 Å². The molecule has 0 saturated heterocycles. The molecule has 0 saturated carbocycles. The highest BCUT2D eigenvalue weighted by Gasteiger charge is 2.05. The number of hydrogen-bond donors (Lipinski definition) is 1. The standard InChI is InChI=1S/C12H8FN3O/c13-9-4-1-3-8(7-9)11-14-12(17)10-5-2-6-16(10)15-11/h1-7H,(H,14,15,17). The van der Waals surface area contributed by atoms with Crippen LogP contribution < -0.4 is 5.56 Å². The third-order valence-corrected chi connectivity index (χ3v) is 2.50. The third kappa shape index (κ3) is 1.61. The molecular weight excluding hydrogens is 221 g/mol. The predicted molar refractivity (Wildman–Crippen MR) is 61.2 cm³/mol. The highest BCUT2D eigenvalue weighted by molar-refractivity contribution is 5.56. The zero-order valence-corrected chi connectivity index (χ0v) is 8.72. The lowest BCUT2D eigenvalue weighted by Crippen LogP contribution is -2.13. The molecule has 0 amide bonds. The van der Waals surface area contributed by atoms with Gasteiger partial charge in [-0.15, -0.1) is 5.10 Å². The lowest BCUT2D eigenvalue weighted by Gasteiger charge is -2.01. The zero-order chi connectivity index (χ0) is 11.8. The SMILES string of the molecule is O=c1[nH]c(-c2cccc(F)c2)nn2cccc12. The molecule has 0 aliphatic heterocycles. The van der Waals surface area contributed by atoms with Crippen LogP contribution in [0.3, 0.4) is 0 Å². The largest absolute Gasteiger partial charge is 0.303 e. The first-order valence-corrected chi connectivity index (χ1v) is 5.08. The Morgan fingerprint density at radius 2 is 2.12 bits per heavy atom. The molecule has 0 aliphatic carbocycles. The van der Waals surface area contributed by atoms with E-state index in [0.717, 1.165) is 0 Å². The maximum Gasteiger partial charge on any atom is 0.275 e. The maximum absolute atomic E-state index is 13.1. The van der Waals surface area contributed by atoms with E-state index in [4.69, 9.17) is 0 Å². The molecule has 0 spiro atoms. The fourth-order valence-electron chi connectivity index (χ4n) is 1.71. The van der Waals surface area contributed by atoms with E-state index in [-0.39, 0.29) is 11.4 Å². The molecule has 0 unspecified atom stereocenters. The van der Waals surface area contributed by atoms with Gasteiger partial charge in [-0.3, -0.25) is 4.79 Å². The molecule has 0 bridgehead atoms. The number of rotatable bonds is 1. The summed E-state index contributed by atoms with van der Waals surface area (Å²) in [6.45, 7) is 0. The van der Waals surface area contributed by atoms with Crippen LogP contribution in [0.4, 0.5) is 4.39 Å². The number of benzene rings is 1. The van der Waals surface area contributed by atoms with Crippen molar-refractivity contribution in [1.82, 2.24) is 14.6 Å². The van der Waals surface area contributed by atoms with E-state index in [2.05, 4.69) is 10.1 Å². The van der Waals surface area contributed by atoms with E-state index in [0.29, 0.717) is 16.9 Å². The van der Waals surface area contributed by atoms with Gasteiger partial charge < -0.3 is 4.98 Å². The molecule has 5 heteroatoms. The summed E-state index contributed by atoms with van der Waals surface area (Å²) < 4.78 is 14.6. The second-order valence-corrected chi connectivity index (χ2v) is 3.65. The number of aromatic amines is 1. The lowest BCUT2D eigenvalue weighted by atomic mass is 10.2. The monoisotopic (exact) mass is 229 g/mol. The van der Waals surface area contributed by atoms with Crippen LogP contribution >= 0.6 is 0 Å². The number of aromatic nitrogens is 3. The van der Waals surface area contributed by atoms with Crippen LogP contribution in [0.2, 0.25) is 0 Å².